The predicted octanol–water partition coefficient (Wildman–Crippen LogP) is 5.48. The van der Waals surface area contributed by atoms with Gasteiger partial charge in [0.2, 0.25) is 5.88 Å². The van der Waals surface area contributed by atoms with Crippen molar-refractivity contribution in [2.75, 3.05) is 6.54 Å². The van der Waals surface area contributed by atoms with Crippen molar-refractivity contribution in [2.24, 2.45) is 0 Å². The highest BCUT2D eigenvalue weighted by atomic mass is 32.3. The summed E-state index contributed by atoms with van der Waals surface area (Å²) in [6.07, 6.45) is 3.96. The normalized spacial score (nSPS) is 20.2. The van der Waals surface area contributed by atoms with E-state index in [2.05, 4.69) is 15.3 Å². The smallest absolute Gasteiger partial charge is 0.304 e. The number of carboxylic acid groups (broad SMARTS) is 1. The van der Waals surface area contributed by atoms with Crippen LogP contribution in [0, 0.1) is 13.8 Å². The summed E-state index contributed by atoms with van der Waals surface area (Å²) in [5.74, 6) is -1.23. The van der Waals surface area contributed by atoms with Crippen LogP contribution >= 0.6 is 10.8 Å². The van der Waals surface area contributed by atoms with Gasteiger partial charge in [-0.3, -0.25) is 18.9 Å². The van der Waals surface area contributed by atoms with E-state index in [1.807, 2.05) is 49.7 Å². The molecule has 1 aromatic carbocycles. The highest BCUT2D eigenvalue weighted by Gasteiger charge is 2.36. The van der Waals surface area contributed by atoms with E-state index in [1.54, 1.807) is 22.6 Å². The summed E-state index contributed by atoms with van der Waals surface area (Å²) in [4.78, 5) is 21.5. The van der Waals surface area contributed by atoms with Crippen LogP contribution in [-0.4, -0.2) is 62.1 Å². The molecule has 1 saturated carbocycles. The van der Waals surface area contributed by atoms with Crippen LogP contribution in [-0.2, 0) is 11.3 Å². The highest BCUT2D eigenvalue weighted by Crippen LogP contribution is 2.57. The average Bonchev–Trinajstić information content (AvgIpc) is 3.71. The molecule has 2 aliphatic rings. The summed E-state index contributed by atoms with van der Waals surface area (Å²) < 4.78 is 32.4. The molecule has 4 heterocycles. The molecule has 0 spiro atoms. The number of rotatable bonds is 8. The largest absolute Gasteiger partial charge is 0.481 e. The van der Waals surface area contributed by atoms with E-state index in [9.17, 15) is 19.0 Å². The van der Waals surface area contributed by atoms with E-state index in [4.69, 9.17) is 9.72 Å². The average molecular weight is 579 g/mol. The second-order valence-corrected chi connectivity index (χ2v) is 12.9. The maximum Gasteiger partial charge on any atom is 0.304 e. The maximum atomic E-state index is 12.1. The number of benzene rings is 1. The van der Waals surface area contributed by atoms with Gasteiger partial charge in [0.25, 0.3) is 0 Å². The number of ether oxygens (including phenoxy) is 1. The molecule has 12 heteroatoms. The van der Waals surface area contributed by atoms with Crippen molar-refractivity contribution < 1.29 is 23.7 Å². The first-order valence-corrected chi connectivity index (χ1v) is 15.3. The lowest BCUT2D eigenvalue weighted by molar-refractivity contribution is -0.137. The standard InChI is InChI=1S/C29H34N6O5S/c1-4-20-15-34(41(38,39)26-6-5-13-30-29(26)40-20)16-24-17(2)7-11-23(31-24)22(14-27(36)37)21-10-12-25-28(18(21)3)32-33-35(25)19-8-9-19/h5-7,10-13,19-20,22,38-39H,4,8-9,14-16H2,1-3H3,(H,36,37). The number of fused-ring (bicyclic) bond motifs is 2. The minimum atomic E-state index is -3.42. The fraction of sp³-hybridized carbons (Fsp3) is 0.414. The lowest BCUT2D eigenvalue weighted by atomic mass is 9.88. The Balaban J connectivity index is 1.38. The van der Waals surface area contributed by atoms with Gasteiger partial charge < -0.3 is 9.84 Å². The van der Waals surface area contributed by atoms with Gasteiger partial charge in [-0.05, 0) is 74.1 Å². The Labute approximate surface area is 239 Å². The third kappa shape index (κ3) is 5.16. The predicted molar refractivity (Wildman–Crippen MR) is 154 cm³/mol. The third-order valence-electron chi connectivity index (χ3n) is 8.03. The van der Waals surface area contributed by atoms with Crippen LogP contribution in [0.5, 0.6) is 5.88 Å². The van der Waals surface area contributed by atoms with E-state index in [-0.39, 0.29) is 36.4 Å². The van der Waals surface area contributed by atoms with Gasteiger partial charge in [0.15, 0.2) is 0 Å². The molecule has 0 amide bonds. The number of carbonyl (C=O) groups is 1. The summed E-state index contributed by atoms with van der Waals surface area (Å²) >= 11 is 0. The number of carboxylic acids is 1. The van der Waals surface area contributed by atoms with Gasteiger partial charge in [-0.1, -0.05) is 24.3 Å². The van der Waals surface area contributed by atoms with Gasteiger partial charge in [0.1, 0.15) is 16.5 Å². The number of aliphatic carboxylic acids is 1. The zero-order valence-electron chi connectivity index (χ0n) is 23.3. The first kappa shape index (κ1) is 27.6. The van der Waals surface area contributed by atoms with Crippen molar-refractivity contribution in [3.05, 3.63) is 70.7 Å². The Morgan fingerprint density at radius 3 is 2.71 bits per heavy atom. The molecule has 0 saturated heterocycles. The molecule has 0 radical (unpaired) electrons. The summed E-state index contributed by atoms with van der Waals surface area (Å²) in [5.41, 5.74) is 5.55. The highest BCUT2D eigenvalue weighted by molar-refractivity contribution is 8.22. The zero-order valence-corrected chi connectivity index (χ0v) is 24.1. The second-order valence-electron chi connectivity index (χ2n) is 10.9. The minimum Gasteiger partial charge on any atom is -0.481 e. The van der Waals surface area contributed by atoms with Gasteiger partial charge in [-0.2, -0.15) is 4.31 Å². The molecule has 3 aromatic heterocycles. The fourth-order valence-corrected chi connectivity index (χ4v) is 7.03. The van der Waals surface area contributed by atoms with Gasteiger partial charge in [0.05, 0.1) is 36.8 Å². The van der Waals surface area contributed by atoms with Crippen LogP contribution in [0.25, 0.3) is 11.0 Å². The lowest BCUT2D eigenvalue weighted by Gasteiger charge is -2.41. The first-order chi connectivity index (χ1) is 19.7. The molecule has 1 fully saturated rings. The monoisotopic (exact) mass is 578 g/mol. The van der Waals surface area contributed by atoms with Crippen LogP contribution in [0.3, 0.4) is 0 Å². The van der Waals surface area contributed by atoms with Crippen LogP contribution in [0.2, 0.25) is 0 Å². The maximum absolute atomic E-state index is 12.1. The lowest BCUT2D eigenvalue weighted by Crippen LogP contribution is -2.35. The van der Waals surface area contributed by atoms with Crippen LogP contribution < -0.4 is 4.74 Å². The van der Waals surface area contributed by atoms with Gasteiger partial charge >= 0.3 is 5.97 Å². The van der Waals surface area contributed by atoms with E-state index in [1.165, 1.54) is 0 Å². The van der Waals surface area contributed by atoms with E-state index in [0.29, 0.717) is 23.9 Å². The van der Waals surface area contributed by atoms with Crippen LogP contribution in [0.4, 0.5) is 0 Å². The minimum absolute atomic E-state index is 0.143. The van der Waals surface area contributed by atoms with Crippen LogP contribution in [0.1, 0.15) is 72.6 Å². The van der Waals surface area contributed by atoms with E-state index >= 15 is 0 Å². The molecule has 1 aliphatic heterocycles. The van der Waals surface area contributed by atoms with Gasteiger partial charge in [-0.25, -0.2) is 9.67 Å². The van der Waals surface area contributed by atoms with E-state index < -0.39 is 22.7 Å². The number of aromatic nitrogens is 5. The summed E-state index contributed by atoms with van der Waals surface area (Å²) in [6, 6.07) is 11.4. The Morgan fingerprint density at radius 2 is 1.98 bits per heavy atom. The molecule has 1 aliphatic carbocycles. The van der Waals surface area contributed by atoms with Crippen molar-refractivity contribution >= 4 is 27.8 Å². The Bertz CT molecular complexity index is 1620. The molecule has 4 aromatic rings. The summed E-state index contributed by atoms with van der Waals surface area (Å²) in [6.45, 7) is 6.26. The molecule has 6 rings (SSSR count). The van der Waals surface area contributed by atoms with Crippen molar-refractivity contribution in [2.45, 2.75) is 76.0 Å². The zero-order chi connectivity index (χ0) is 28.9. The first-order valence-electron chi connectivity index (χ1n) is 13.8. The summed E-state index contributed by atoms with van der Waals surface area (Å²) in [7, 11) is -3.42. The molecule has 0 bridgehead atoms. The van der Waals surface area contributed by atoms with Crippen molar-refractivity contribution in [3.63, 3.8) is 0 Å². The number of hydrogen-bond donors (Lipinski definition) is 3. The molecule has 11 nitrogen and oxygen atoms in total. The van der Waals surface area contributed by atoms with E-state index in [0.717, 1.165) is 40.6 Å². The number of nitrogens with zero attached hydrogens (tertiary/aromatic N) is 6. The Hall–Kier alpha value is -3.58. The topological polar surface area (TPSA) is 147 Å². The number of pyridine rings is 2. The molecule has 216 valence electrons. The number of aryl methyl sites for hydroxylation is 2. The molecule has 2 unspecified atom stereocenters. The second kappa shape index (κ2) is 10.7. The SMILES string of the molecule is CCC1CN(Cc2nc(C(CC(=O)O)c3ccc4c(nnn4C4CC4)c3C)ccc2C)S(O)(O)c2cccnc2O1. The van der Waals surface area contributed by atoms with Gasteiger partial charge in [0, 0.05) is 17.8 Å². The number of hydrogen-bond acceptors (Lipinski definition) is 9. The van der Waals surface area contributed by atoms with Gasteiger partial charge in [-0.15, -0.1) is 15.9 Å². The van der Waals surface area contributed by atoms with Crippen molar-refractivity contribution in [1.82, 2.24) is 29.3 Å². The fourth-order valence-electron chi connectivity index (χ4n) is 5.48. The molecule has 41 heavy (non-hydrogen) atoms. The molecule has 3 N–H and O–H groups in total. The molecular weight excluding hydrogens is 544 g/mol. The molecule has 2 atom stereocenters. The van der Waals surface area contributed by atoms with Crippen molar-refractivity contribution in [3.8, 4) is 5.88 Å². The molecular formula is C29H34N6O5S. The Kier molecular flexibility index (Phi) is 7.18. The Morgan fingerprint density at radius 1 is 1.17 bits per heavy atom. The third-order valence-corrected chi connectivity index (χ3v) is 9.92. The van der Waals surface area contributed by atoms with Crippen molar-refractivity contribution in [1.29, 1.82) is 0 Å². The quantitative estimate of drug-likeness (QED) is 0.246. The summed E-state index contributed by atoms with van der Waals surface area (Å²) in [5, 5.41) is 18.7. The van der Waals surface area contributed by atoms with Crippen LogP contribution in [0.15, 0.2) is 47.5 Å².